The molecule has 0 heterocycles. The lowest BCUT2D eigenvalue weighted by Gasteiger charge is -2.40. The Hall–Kier alpha value is -3.61. The van der Waals surface area contributed by atoms with Gasteiger partial charge in [0.2, 0.25) is 18.4 Å². The zero-order chi connectivity index (χ0) is 30.4. The molecule has 1 aliphatic carbocycles. The Kier molecular flexibility index (Phi) is 10.4. The molecule has 3 amide bonds. The molecule has 2 aromatic carbocycles. The summed E-state index contributed by atoms with van der Waals surface area (Å²) >= 11 is 12.3. The van der Waals surface area contributed by atoms with Gasteiger partial charge < -0.3 is 25.5 Å². The average Bonchev–Trinajstić information content (AvgIpc) is 3.18. The Balaban J connectivity index is 1.69. The van der Waals surface area contributed by atoms with Crippen LogP contribution in [0.4, 0.5) is 5.69 Å². The van der Waals surface area contributed by atoms with Gasteiger partial charge in [-0.3, -0.25) is 14.4 Å². The van der Waals surface area contributed by atoms with Crippen molar-refractivity contribution in [2.45, 2.75) is 46.1 Å². The number of nitrogens with zero attached hydrogens (tertiary/aromatic N) is 1. The van der Waals surface area contributed by atoms with E-state index in [2.05, 4.69) is 20.8 Å². The zero-order valence-corrected chi connectivity index (χ0v) is 25.0. The molecule has 218 valence electrons. The van der Waals surface area contributed by atoms with Crippen LogP contribution in [0, 0.1) is 23.3 Å². The van der Waals surface area contributed by atoms with E-state index in [1.165, 1.54) is 7.11 Å². The first-order valence-electron chi connectivity index (χ1n) is 13.2. The number of hydrogen-bond donors (Lipinski definition) is 3. The molecule has 3 N–H and O–H groups in total. The number of hydrogen-bond acceptors (Lipinski definition) is 5. The van der Waals surface area contributed by atoms with Crippen LogP contribution in [-0.2, 0) is 25.5 Å². The fourth-order valence-corrected chi connectivity index (χ4v) is 5.83. The van der Waals surface area contributed by atoms with E-state index in [-0.39, 0.29) is 46.9 Å². The second-order valence-electron chi connectivity index (χ2n) is 10.8. The van der Waals surface area contributed by atoms with E-state index >= 15 is 0 Å². The summed E-state index contributed by atoms with van der Waals surface area (Å²) in [4.78, 5) is 55.0. The van der Waals surface area contributed by atoms with Crippen molar-refractivity contribution in [1.29, 1.82) is 0 Å². The van der Waals surface area contributed by atoms with Gasteiger partial charge in [0.1, 0.15) is 6.04 Å². The van der Waals surface area contributed by atoms with Gasteiger partial charge >= 0.3 is 5.97 Å². The van der Waals surface area contributed by atoms with Gasteiger partial charge in [0, 0.05) is 18.0 Å². The molecule has 1 aliphatic rings. The fraction of sp³-hybridized carbons (Fsp3) is 0.433. The topological polar surface area (TPSA) is 118 Å². The molecule has 0 aromatic heterocycles. The van der Waals surface area contributed by atoms with Gasteiger partial charge in [0.25, 0.3) is 5.91 Å². The summed E-state index contributed by atoms with van der Waals surface area (Å²) < 4.78 is 4.96. The van der Waals surface area contributed by atoms with E-state index in [4.69, 9.17) is 34.5 Å². The number of halogens is 2. The maximum absolute atomic E-state index is 13.5. The van der Waals surface area contributed by atoms with Gasteiger partial charge in [-0.1, -0.05) is 62.2 Å². The summed E-state index contributed by atoms with van der Waals surface area (Å²) in [6.07, 6.45) is 1.13. The minimum absolute atomic E-state index is 0.157. The summed E-state index contributed by atoms with van der Waals surface area (Å²) in [5, 5.41) is 8.87. The summed E-state index contributed by atoms with van der Waals surface area (Å²) in [5.41, 5.74) is -0.129. The number of ether oxygens (including phenoxy) is 1. The van der Waals surface area contributed by atoms with Gasteiger partial charge in [-0.2, -0.15) is 0 Å². The van der Waals surface area contributed by atoms with Crippen molar-refractivity contribution >= 4 is 52.6 Å². The molecule has 9 nitrogen and oxygen atoms in total. The Morgan fingerprint density at radius 1 is 1.07 bits per heavy atom. The molecule has 0 bridgehead atoms. The number of carbonyl (C=O) groups is 4. The maximum Gasteiger partial charge on any atom is 0.328 e. The predicted octanol–water partition coefficient (Wildman–Crippen LogP) is 4.92. The zero-order valence-electron chi connectivity index (χ0n) is 23.5. The summed E-state index contributed by atoms with van der Waals surface area (Å²) in [7, 11) is 1.25. The Morgan fingerprint density at radius 2 is 1.71 bits per heavy atom. The standard InChI is InChI=1S/C30H34Cl2N4O5/c1-29(2)20(13-14-30(29,3)28(40)34-16-15-33-4)25(37)36-23(27(39)41-5)17-18-9-11-19(12-10-18)35-26(38)24-21(31)7-6-8-22(24)32/h6-12,20,23H,13-17H2,1-3,5H3,(H,34,40)(H,35,38)(H,36,37)/t20-,23+,30+/m1/s1. The van der Waals surface area contributed by atoms with Crippen LogP contribution in [0.5, 0.6) is 0 Å². The van der Waals surface area contributed by atoms with Crippen molar-refractivity contribution < 1.29 is 23.9 Å². The van der Waals surface area contributed by atoms with E-state index in [1.54, 1.807) is 42.5 Å². The lowest BCUT2D eigenvalue weighted by atomic mass is 9.65. The highest BCUT2D eigenvalue weighted by molar-refractivity contribution is 6.40. The molecule has 2 aromatic rings. The molecule has 0 radical (unpaired) electrons. The van der Waals surface area contributed by atoms with Crippen LogP contribution < -0.4 is 16.0 Å². The molecule has 1 saturated carbocycles. The summed E-state index contributed by atoms with van der Waals surface area (Å²) in [5.74, 6) is -2.09. The highest BCUT2D eigenvalue weighted by atomic mass is 35.5. The van der Waals surface area contributed by atoms with Gasteiger partial charge in [0.05, 0.1) is 34.7 Å². The lowest BCUT2D eigenvalue weighted by molar-refractivity contribution is -0.147. The Bertz CT molecular complexity index is 1340. The van der Waals surface area contributed by atoms with Crippen LogP contribution in [0.1, 0.15) is 49.5 Å². The second-order valence-corrected chi connectivity index (χ2v) is 11.6. The third-order valence-corrected chi connectivity index (χ3v) is 8.83. The number of amides is 3. The molecule has 0 saturated heterocycles. The molecule has 0 unspecified atom stereocenters. The average molecular weight is 602 g/mol. The van der Waals surface area contributed by atoms with Gasteiger partial charge in [-0.25, -0.2) is 11.4 Å². The lowest BCUT2D eigenvalue weighted by Crippen LogP contribution is -2.52. The molecular formula is C30H34Cl2N4O5. The fourth-order valence-electron chi connectivity index (χ4n) is 5.26. The van der Waals surface area contributed by atoms with Crippen molar-refractivity contribution in [3.63, 3.8) is 0 Å². The third-order valence-electron chi connectivity index (χ3n) is 8.20. The first kappa shape index (κ1) is 31.9. The van der Waals surface area contributed by atoms with Crippen molar-refractivity contribution in [3.8, 4) is 0 Å². The second kappa shape index (κ2) is 13.4. The number of nitrogens with one attached hydrogen (secondary N) is 3. The van der Waals surface area contributed by atoms with Crippen LogP contribution in [-0.4, -0.2) is 49.9 Å². The SMILES string of the molecule is [C-]#[N+]CCNC(=O)[C@]1(C)CC[C@H](C(=O)N[C@@H](Cc2ccc(NC(=O)c3c(Cl)cccc3Cl)cc2)C(=O)OC)C1(C)C. The number of rotatable bonds is 10. The van der Waals surface area contributed by atoms with Crippen molar-refractivity contribution in [2.24, 2.45) is 16.7 Å². The first-order chi connectivity index (χ1) is 19.3. The van der Waals surface area contributed by atoms with Crippen molar-refractivity contribution in [3.05, 3.63) is 75.1 Å². The van der Waals surface area contributed by atoms with Crippen molar-refractivity contribution in [2.75, 3.05) is 25.5 Å². The van der Waals surface area contributed by atoms with Crippen LogP contribution in [0.15, 0.2) is 42.5 Å². The summed E-state index contributed by atoms with van der Waals surface area (Å²) in [6, 6.07) is 10.7. The minimum Gasteiger partial charge on any atom is -0.467 e. The van der Waals surface area contributed by atoms with E-state index in [1.807, 2.05) is 20.8 Å². The van der Waals surface area contributed by atoms with Gasteiger partial charge in [0.15, 0.2) is 0 Å². The monoisotopic (exact) mass is 600 g/mol. The smallest absolute Gasteiger partial charge is 0.328 e. The van der Waals surface area contributed by atoms with E-state index in [0.29, 0.717) is 18.5 Å². The molecule has 0 spiro atoms. The predicted molar refractivity (Wildman–Crippen MR) is 158 cm³/mol. The van der Waals surface area contributed by atoms with E-state index in [0.717, 1.165) is 5.56 Å². The highest BCUT2D eigenvalue weighted by Gasteiger charge is 2.58. The minimum atomic E-state index is -0.954. The maximum atomic E-state index is 13.5. The summed E-state index contributed by atoms with van der Waals surface area (Å²) in [6.45, 7) is 13.0. The van der Waals surface area contributed by atoms with Gasteiger partial charge in [-0.15, -0.1) is 0 Å². The van der Waals surface area contributed by atoms with Crippen LogP contribution in [0.3, 0.4) is 0 Å². The Morgan fingerprint density at radius 3 is 2.29 bits per heavy atom. The largest absolute Gasteiger partial charge is 0.467 e. The highest BCUT2D eigenvalue weighted by Crippen LogP contribution is 2.56. The van der Waals surface area contributed by atoms with Crippen LogP contribution in [0.2, 0.25) is 10.0 Å². The molecule has 0 aliphatic heterocycles. The quantitative estimate of drug-likeness (QED) is 0.203. The number of benzene rings is 2. The number of anilines is 1. The molecule has 1 fully saturated rings. The molecule has 11 heteroatoms. The Labute approximate surface area is 250 Å². The normalized spacial score (nSPS) is 19.9. The van der Waals surface area contributed by atoms with Gasteiger partial charge in [-0.05, 0) is 48.1 Å². The van der Waals surface area contributed by atoms with E-state index < -0.39 is 34.7 Å². The third kappa shape index (κ3) is 7.00. The van der Waals surface area contributed by atoms with E-state index in [9.17, 15) is 19.2 Å². The molecule has 3 rings (SSSR count). The number of methoxy groups -OCH3 is 1. The number of carbonyl (C=O) groups excluding carboxylic acids is 4. The molecule has 41 heavy (non-hydrogen) atoms. The number of esters is 1. The van der Waals surface area contributed by atoms with Crippen molar-refractivity contribution in [1.82, 2.24) is 10.6 Å². The first-order valence-corrected chi connectivity index (χ1v) is 13.9. The van der Waals surface area contributed by atoms with Crippen LogP contribution in [0.25, 0.3) is 4.85 Å². The molecule has 3 atom stereocenters. The molecular weight excluding hydrogens is 567 g/mol. The van der Waals surface area contributed by atoms with Crippen LogP contribution >= 0.6 is 23.2 Å².